The molecule has 0 bridgehead atoms. The number of nitrogens with zero attached hydrogens (tertiary/aromatic N) is 2. The number of morpholine rings is 1. The van der Waals surface area contributed by atoms with Crippen LogP contribution in [0, 0.1) is 6.92 Å². The van der Waals surface area contributed by atoms with E-state index in [2.05, 4.69) is 4.98 Å². The van der Waals surface area contributed by atoms with Gasteiger partial charge in [-0.3, -0.25) is 4.79 Å². The number of rotatable bonds is 4. The second kappa shape index (κ2) is 6.26. The second-order valence-corrected chi connectivity index (χ2v) is 5.17. The van der Waals surface area contributed by atoms with Gasteiger partial charge in [0.2, 0.25) is 5.91 Å². The van der Waals surface area contributed by atoms with E-state index >= 15 is 0 Å². The number of aryl methyl sites for hydroxylation is 1. The first-order valence-electron chi connectivity index (χ1n) is 6.09. The second-order valence-electron chi connectivity index (χ2n) is 4.11. The highest BCUT2D eigenvalue weighted by Crippen LogP contribution is 2.25. The Bertz CT molecular complexity index is 408. The lowest BCUT2D eigenvalue weighted by Crippen LogP contribution is -2.45. The van der Waals surface area contributed by atoms with Crippen LogP contribution < -0.4 is 0 Å². The van der Waals surface area contributed by atoms with Gasteiger partial charge in [0, 0.05) is 18.5 Å². The molecular formula is C12H18N2O3S. The molecule has 0 aromatic carbocycles. The van der Waals surface area contributed by atoms with Gasteiger partial charge in [-0.1, -0.05) is 0 Å². The minimum absolute atomic E-state index is 0.0100. The van der Waals surface area contributed by atoms with Crippen LogP contribution in [0.2, 0.25) is 0 Å². The summed E-state index contributed by atoms with van der Waals surface area (Å²) in [5, 5.41) is 3.00. The monoisotopic (exact) mass is 270 g/mol. The Morgan fingerprint density at radius 1 is 1.72 bits per heavy atom. The van der Waals surface area contributed by atoms with Crippen molar-refractivity contribution in [1.29, 1.82) is 0 Å². The quantitative estimate of drug-likeness (QED) is 0.829. The molecule has 1 aliphatic rings. The molecule has 1 fully saturated rings. The number of carbonyl (C=O) groups excluding carboxylic acids is 1. The number of amides is 1. The van der Waals surface area contributed by atoms with Gasteiger partial charge < -0.3 is 14.4 Å². The van der Waals surface area contributed by atoms with Crippen molar-refractivity contribution in [1.82, 2.24) is 9.88 Å². The summed E-state index contributed by atoms with van der Waals surface area (Å²) >= 11 is 1.59. The average molecular weight is 270 g/mol. The molecule has 1 amide bonds. The number of ether oxygens (including phenoxy) is 2. The lowest BCUT2D eigenvalue weighted by molar-refractivity contribution is -0.145. The average Bonchev–Trinajstić information content (AvgIpc) is 2.82. The van der Waals surface area contributed by atoms with Crippen molar-refractivity contribution in [2.75, 3.05) is 33.0 Å². The molecule has 2 rings (SSSR count). The summed E-state index contributed by atoms with van der Waals surface area (Å²) in [6, 6.07) is -0.0725. The molecule has 0 spiro atoms. The maximum absolute atomic E-state index is 12.1. The highest BCUT2D eigenvalue weighted by molar-refractivity contribution is 7.09. The molecule has 0 unspecified atom stereocenters. The predicted molar refractivity (Wildman–Crippen MR) is 68.6 cm³/mol. The fraction of sp³-hybridized carbons (Fsp3) is 0.667. The molecule has 5 nitrogen and oxygen atoms in total. The van der Waals surface area contributed by atoms with E-state index in [9.17, 15) is 4.79 Å². The molecule has 0 radical (unpaired) electrons. The van der Waals surface area contributed by atoms with Crippen molar-refractivity contribution >= 4 is 17.2 Å². The van der Waals surface area contributed by atoms with Crippen LogP contribution in [0.25, 0.3) is 0 Å². The molecule has 0 saturated carbocycles. The van der Waals surface area contributed by atoms with E-state index in [0.29, 0.717) is 26.4 Å². The van der Waals surface area contributed by atoms with Gasteiger partial charge in [0.05, 0.1) is 30.0 Å². The van der Waals surface area contributed by atoms with Crippen LogP contribution in [0.4, 0.5) is 0 Å². The largest absolute Gasteiger partial charge is 0.377 e. The van der Waals surface area contributed by atoms with Gasteiger partial charge in [0.25, 0.3) is 0 Å². The number of aromatic nitrogens is 1. The summed E-state index contributed by atoms with van der Waals surface area (Å²) < 4.78 is 10.6. The Labute approximate surface area is 111 Å². The molecule has 100 valence electrons. The van der Waals surface area contributed by atoms with Crippen molar-refractivity contribution in [3.8, 4) is 0 Å². The first kappa shape index (κ1) is 13.5. The minimum Gasteiger partial charge on any atom is -0.377 e. The normalized spacial score (nSPS) is 20.1. The van der Waals surface area contributed by atoms with Crippen LogP contribution in [-0.2, 0) is 14.3 Å². The van der Waals surface area contributed by atoms with Gasteiger partial charge in [-0.2, -0.15) is 0 Å². The van der Waals surface area contributed by atoms with Gasteiger partial charge >= 0.3 is 0 Å². The molecule has 2 heterocycles. The van der Waals surface area contributed by atoms with Crippen molar-refractivity contribution in [2.45, 2.75) is 19.9 Å². The Balaban J connectivity index is 2.08. The molecular weight excluding hydrogens is 252 g/mol. The smallest absolute Gasteiger partial charge is 0.249 e. The van der Waals surface area contributed by atoms with Gasteiger partial charge in [-0.15, -0.1) is 11.3 Å². The molecule has 1 aromatic heterocycles. The molecule has 6 heteroatoms. The van der Waals surface area contributed by atoms with Gasteiger partial charge in [-0.05, 0) is 13.8 Å². The van der Waals surface area contributed by atoms with E-state index in [4.69, 9.17) is 9.47 Å². The molecule has 18 heavy (non-hydrogen) atoms. The zero-order valence-electron chi connectivity index (χ0n) is 10.7. The summed E-state index contributed by atoms with van der Waals surface area (Å²) in [6.07, 6.45) is 0. The zero-order chi connectivity index (χ0) is 13.0. The molecule has 1 saturated heterocycles. The minimum atomic E-state index is -0.0725. The van der Waals surface area contributed by atoms with Crippen LogP contribution >= 0.6 is 11.3 Å². The molecule has 1 aromatic rings. The Kier molecular flexibility index (Phi) is 4.68. The van der Waals surface area contributed by atoms with E-state index < -0.39 is 0 Å². The van der Waals surface area contributed by atoms with Crippen LogP contribution in [0.1, 0.15) is 23.7 Å². The lowest BCUT2D eigenvalue weighted by Gasteiger charge is -2.34. The van der Waals surface area contributed by atoms with Gasteiger partial charge in [0.1, 0.15) is 6.61 Å². The van der Waals surface area contributed by atoms with Gasteiger partial charge in [-0.25, -0.2) is 4.98 Å². The maximum Gasteiger partial charge on any atom is 0.249 e. The summed E-state index contributed by atoms with van der Waals surface area (Å²) in [4.78, 5) is 18.3. The predicted octanol–water partition coefficient (Wildman–Crippen LogP) is 1.39. The highest BCUT2D eigenvalue weighted by Gasteiger charge is 2.29. The third kappa shape index (κ3) is 3.07. The van der Waals surface area contributed by atoms with E-state index in [0.717, 1.165) is 10.7 Å². The summed E-state index contributed by atoms with van der Waals surface area (Å²) in [6.45, 7) is 6.23. The molecule has 1 aliphatic heterocycles. The lowest BCUT2D eigenvalue weighted by atomic mass is 10.1. The van der Waals surface area contributed by atoms with Crippen LogP contribution in [-0.4, -0.2) is 48.8 Å². The van der Waals surface area contributed by atoms with Gasteiger partial charge in [0.15, 0.2) is 0 Å². The first-order valence-corrected chi connectivity index (χ1v) is 6.97. The standard InChI is InChI=1S/C12H18N2O3S/c1-3-16-7-12(15)14-4-5-17-6-11(14)10-8-18-9(2)13-10/h8,11H,3-7H2,1-2H3/t11-/m0/s1. The van der Waals surface area contributed by atoms with E-state index in [1.165, 1.54) is 0 Å². The Morgan fingerprint density at radius 2 is 2.56 bits per heavy atom. The fourth-order valence-electron chi connectivity index (χ4n) is 1.95. The molecule has 0 N–H and O–H groups in total. The maximum atomic E-state index is 12.1. The highest BCUT2D eigenvalue weighted by atomic mass is 32.1. The van der Waals surface area contributed by atoms with Crippen molar-refractivity contribution in [3.05, 3.63) is 16.1 Å². The van der Waals surface area contributed by atoms with E-state index in [-0.39, 0.29) is 18.6 Å². The molecule has 1 atom stereocenters. The summed E-state index contributed by atoms with van der Waals surface area (Å²) in [5.41, 5.74) is 0.919. The van der Waals surface area contributed by atoms with Crippen molar-refractivity contribution in [3.63, 3.8) is 0 Å². The first-order chi connectivity index (χ1) is 8.72. The Hall–Kier alpha value is -0.980. The summed E-state index contributed by atoms with van der Waals surface area (Å²) in [7, 11) is 0. The van der Waals surface area contributed by atoms with Crippen molar-refractivity contribution < 1.29 is 14.3 Å². The fourth-order valence-corrected chi connectivity index (χ4v) is 2.61. The van der Waals surface area contributed by atoms with Crippen LogP contribution in [0.15, 0.2) is 5.38 Å². The third-order valence-corrected chi connectivity index (χ3v) is 3.65. The summed E-state index contributed by atoms with van der Waals surface area (Å²) in [5.74, 6) is 0.0100. The number of hydrogen-bond donors (Lipinski definition) is 0. The Morgan fingerprint density at radius 3 is 3.22 bits per heavy atom. The number of thiazole rings is 1. The van der Waals surface area contributed by atoms with Crippen LogP contribution in [0.3, 0.4) is 0 Å². The van der Waals surface area contributed by atoms with E-state index in [1.807, 2.05) is 24.1 Å². The van der Waals surface area contributed by atoms with Crippen LogP contribution in [0.5, 0.6) is 0 Å². The molecule has 0 aliphatic carbocycles. The topological polar surface area (TPSA) is 51.7 Å². The van der Waals surface area contributed by atoms with Crippen molar-refractivity contribution in [2.24, 2.45) is 0 Å². The number of carbonyl (C=O) groups is 1. The van der Waals surface area contributed by atoms with E-state index in [1.54, 1.807) is 11.3 Å². The third-order valence-electron chi connectivity index (χ3n) is 2.86. The number of hydrogen-bond acceptors (Lipinski definition) is 5. The zero-order valence-corrected chi connectivity index (χ0v) is 11.5. The SMILES string of the molecule is CCOCC(=O)N1CCOC[C@H]1c1csc(C)n1.